The van der Waals surface area contributed by atoms with Crippen LogP contribution >= 0.6 is 0 Å². The predicted molar refractivity (Wildman–Crippen MR) is 131 cm³/mol. The summed E-state index contributed by atoms with van der Waals surface area (Å²) < 4.78 is 79.9. The van der Waals surface area contributed by atoms with Gasteiger partial charge in [-0.3, -0.25) is 9.78 Å². The lowest BCUT2D eigenvalue weighted by Crippen LogP contribution is -2.57. The molecule has 0 atom stereocenters. The molecule has 0 N–H and O–H groups in total. The molecule has 204 valence electrons. The molecule has 5 rings (SSSR count). The third-order valence-electron chi connectivity index (χ3n) is 6.68. The van der Waals surface area contributed by atoms with Crippen molar-refractivity contribution in [3.63, 3.8) is 0 Å². The van der Waals surface area contributed by atoms with Crippen LogP contribution in [-0.2, 0) is 12.7 Å². The fourth-order valence-corrected chi connectivity index (χ4v) is 4.76. The van der Waals surface area contributed by atoms with E-state index in [1.54, 1.807) is 6.07 Å². The molecule has 0 bridgehead atoms. The summed E-state index contributed by atoms with van der Waals surface area (Å²) in [7, 11) is 0. The average Bonchev–Trinajstić information content (AvgIpc) is 2.84. The largest absolute Gasteiger partial charge is 0.418 e. The number of hydrogen-bond acceptors (Lipinski definition) is 4. The first-order valence-electron chi connectivity index (χ1n) is 12.4. The van der Waals surface area contributed by atoms with E-state index < -0.39 is 42.9 Å². The monoisotopic (exact) mass is 538 g/mol. The Kier molecular flexibility index (Phi) is 8.13. The lowest BCUT2D eigenvalue weighted by atomic mass is 9.84. The average molecular weight is 539 g/mol. The normalized spacial score (nSPS) is 17.4. The van der Waals surface area contributed by atoms with Gasteiger partial charge in [-0.25, -0.2) is 17.9 Å². The Labute approximate surface area is 216 Å². The first-order chi connectivity index (χ1) is 17.9. The molecule has 2 aliphatic rings. The zero-order valence-electron chi connectivity index (χ0n) is 20.8. The van der Waals surface area contributed by atoms with E-state index in [1.165, 1.54) is 35.4 Å². The van der Waals surface area contributed by atoms with E-state index in [0.717, 1.165) is 48.4 Å². The smallest absolute Gasteiger partial charge is 0.343 e. The summed E-state index contributed by atoms with van der Waals surface area (Å²) in [5, 5.41) is 4.12. The summed E-state index contributed by atoms with van der Waals surface area (Å²) in [6.07, 6.45) is 1.11. The van der Waals surface area contributed by atoms with E-state index in [1.807, 2.05) is 13.0 Å². The minimum Gasteiger partial charge on any atom is -0.343 e. The Balaban J connectivity index is 0.000000360. The van der Waals surface area contributed by atoms with Gasteiger partial charge in [0.05, 0.1) is 30.9 Å². The van der Waals surface area contributed by atoms with Crippen molar-refractivity contribution in [2.75, 3.05) is 18.0 Å². The van der Waals surface area contributed by atoms with E-state index in [4.69, 9.17) is 0 Å². The molecular weight excluding hydrogens is 510 g/mol. The highest BCUT2D eigenvalue weighted by Crippen LogP contribution is 2.35. The second-order valence-corrected chi connectivity index (χ2v) is 9.76. The molecule has 0 unspecified atom stereocenters. The lowest BCUT2D eigenvalue weighted by molar-refractivity contribution is -0.138. The second kappa shape index (κ2) is 11.2. The Morgan fingerprint density at radius 2 is 1.74 bits per heavy atom. The van der Waals surface area contributed by atoms with Crippen LogP contribution in [0, 0.1) is 12.7 Å². The van der Waals surface area contributed by atoms with Gasteiger partial charge >= 0.3 is 6.18 Å². The van der Waals surface area contributed by atoms with Crippen LogP contribution in [0.4, 0.5) is 32.2 Å². The van der Waals surface area contributed by atoms with Crippen molar-refractivity contribution in [3.05, 3.63) is 87.2 Å². The summed E-state index contributed by atoms with van der Waals surface area (Å²) in [6.45, 7) is 0.328. The standard InChI is InChI=1S/C20H21F5N4O.C7H7F/c21-19(22)11-28(12-19)17-9-14(13-5-2-1-3-6-13)18(30)29(27-17)10-16-15(20(23,24)25)7-4-8-26-16;1-6-3-2-4-7(8)5-6/h4,7-9,13H,1-3,5-6,10-12H2;2-5H,1H3. The number of pyridine rings is 1. The second-order valence-electron chi connectivity index (χ2n) is 9.76. The van der Waals surface area contributed by atoms with Crippen LogP contribution in [0.15, 0.2) is 53.5 Å². The van der Waals surface area contributed by atoms with Crippen molar-refractivity contribution >= 4 is 5.82 Å². The number of benzene rings is 1. The van der Waals surface area contributed by atoms with Gasteiger partial charge in [-0.2, -0.15) is 18.3 Å². The summed E-state index contributed by atoms with van der Waals surface area (Å²) in [5.41, 5.74) is -0.375. The molecule has 3 heterocycles. The van der Waals surface area contributed by atoms with Gasteiger partial charge in [0.1, 0.15) is 11.6 Å². The van der Waals surface area contributed by atoms with Crippen molar-refractivity contribution in [1.29, 1.82) is 0 Å². The van der Waals surface area contributed by atoms with Crippen LogP contribution in [0.5, 0.6) is 0 Å². The Morgan fingerprint density at radius 1 is 1.03 bits per heavy atom. The number of alkyl halides is 5. The SMILES string of the molecule is Cc1cccc(F)c1.O=c1c(C2CCCCC2)cc(N2CC(F)(F)C2)nn1Cc1ncccc1C(F)(F)F. The molecular formula is C27H28F6N4O. The molecule has 0 radical (unpaired) electrons. The maximum absolute atomic E-state index is 13.4. The van der Waals surface area contributed by atoms with Crippen LogP contribution < -0.4 is 10.5 Å². The number of aryl methyl sites for hydroxylation is 1. The first-order valence-corrected chi connectivity index (χ1v) is 12.4. The summed E-state index contributed by atoms with van der Waals surface area (Å²) >= 11 is 0. The van der Waals surface area contributed by atoms with Gasteiger partial charge in [-0.1, -0.05) is 31.4 Å². The van der Waals surface area contributed by atoms with Gasteiger partial charge in [0.25, 0.3) is 11.5 Å². The third kappa shape index (κ3) is 6.73. The van der Waals surface area contributed by atoms with Crippen LogP contribution in [0.1, 0.15) is 60.4 Å². The van der Waals surface area contributed by atoms with Gasteiger partial charge in [-0.15, -0.1) is 0 Å². The number of nitrogens with zero attached hydrogens (tertiary/aromatic N) is 4. The van der Waals surface area contributed by atoms with Gasteiger partial charge in [0.2, 0.25) is 0 Å². The third-order valence-corrected chi connectivity index (χ3v) is 6.68. The maximum Gasteiger partial charge on any atom is 0.418 e. The van der Waals surface area contributed by atoms with E-state index in [0.29, 0.717) is 5.56 Å². The number of rotatable bonds is 4. The molecule has 2 aromatic heterocycles. The van der Waals surface area contributed by atoms with Gasteiger partial charge < -0.3 is 4.90 Å². The van der Waals surface area contributed by atoms with Gasteiger partial charge in [0.15, 0.2) is 0 Å². The summed E-state index contributed by atoms with van der Waals surface area (Å²) in [4.78, 5) is 18.2. The molecule has 3 aromatic rings. The summed E-state index contributed by atoms with van der Waals surface area (Å²) in [5.74, 6) is -2.86. The molecule has 5 nitrogen and oxygen atoms in total. The molecule has 0 amide bonds. The fraction of sp³-hybridized carbons (Fsp3) is 0.444. The molecule has 1 aliphatic heterocycles. The number of anilines is 1. The highest BCUT2D eigenvalue weighted by molar-refractivity contribution is 5.45. The topological polar surface area (TPSA) is 51.0 Å². The van der Waals surface area contributed by atoms with Gasteiger partial charge in [-0.05, 0) is 61.6 Å². The van der Waals surface area contributed by atoms with Gasteiger partial charge in [0, 0.05) is 11.8 Å². The molecule has 1 aliphatic carbocycles. The van der Waals surface area contributed by atoms with E-state index in [9.17, 15) is 31.1 Å². The maximum atomic E-state index is 13.4. The highest BCUT2D eigenvalue weighted by atomic mass is 19.4. The van der Waals surface area contributed by atoms with Crippen molar-refractivity contribution in [2.24, 2.45) is 0 Å². The van der Waals surface area contributed by atoms with Crippen LogP contribution in [-0.4, -0.2) is 33.8 Å². The van der Waals surface area contributed by atoms with Crippen LogP contribution in [0.25, 0.3) is 0 Å². The zero-order chi connectivity index (χ0) is 27.5. The van der Waals surface area contributed by atoms with Crippen molar-refractivity contribution in [3.8, 4) is 0 Å². The first kappa shape index (κ1) is 27.7. The Hall–Kier alpha value is -3.37. The Morgan fingerprint density at radius 3 is 2.32 bits per heavy atom. The molecule has 0 spiro atoms. The quantitative estimate of drug-likeness (QED) is 0.364. The van der Waals surface area contributed by atoms with Crippen LogP contribution in [0.2, 0.25) is 0 Å². The molecule has 1 aromatic carbocycles. The molecule has 2 fully saturated rings. The van der Waals surface area contributed by atoms with Crippen molar-refractivity contribution in [1.82, 2.24) is 14.8 Å². The lowest BCUT2D eigenvalue weighted by Gasteiger charge is -2.39. The predicted octanol–water partition coefficient (Wildman–Crippen LogP) is 6.34. The number of halogens is 6. The molecule has 38 heavy (non-hydrogen) atoms. The van der Waals surface area contributed by atoms with Crippen LogP contribution in [0.3, 0.4) is 0 Å². The summed E-state index contributed by atoms with van der Waals surface area (Å²) in [6, 6.07) is 10.1. The highest BCUT2D eigenvalue weighted by Gasteiger charge is 2.45. The minimum atomic E-state index is -4.63. The van der Waals surface area contributed by atoms with E-state index in [2.05, 4.69) is 10.1 Å². The molecule has 1 saturated heterocycles. The fourth-order valence-electron chi connectivity index (χ4n) is 4.76. The number of hydrogen-bond donors (Lipinski definition) is 0. The van der Waals surface area contributed by atoms with E-state index >= 15 is 0 Å². The molecule has 1 saturated carbocycles. The zero-order valence-corrected chi connectivity index (χ0v) is 20.8. The number of aromatic nitrogens is 3. The Bertz CT molecular complexity index is 1290. The van der Waals surface area contributed by atoms with Crippen molar-refractivity contribution in [2.45, 2.75) is 63.6 Å². The van der Waals surface area contributed by atoms with Crippen molar-refractivity contribution < 1.29 is 26.3 Å². The minimum absolute atomic E-state index is 0.0492. The molecule has 11 heteroatoms. The van der Waals surface area contributed by atoms with E-state index in [-0.39, 0.29) is 23.2 Å².